The van der Waals surface area contributed by atoms with Gasteiger partial charge in [0.15, 0.2) is 5.82 Å². The highest BCUT2D eigenvalue weighted by Gasteiger charge is 2.18. The zero-order chi connectivity index (χ0) is 26.5. The summed E-state index contributed by atoms with van der Waals surface area (Å²) in [5.41, 5.74) is 7.07. The maximum atomic E-state index is 5.29. The van der Waals surface area contributed by atoms with Gasteiger partial charge in [0.25, 0.3) is 0 Å². The van der Waals surface area contributed by atoms with Gasteiger partial charge in [0.05, 0.1) is 27.9 Å². The van der Waals surface area contributed by atoms with Gasteiger partial charge in [-0.1, -0.05) is 97.1 Å². The summed E-state index contributed by atoms with van der Waals surface area (Å²) in [4.78, 5) is 25.0. The molecule has 0 amide bonds. The third-order valence-corrected chi connectivity index (χ3v) is 7.35. The van der Waals surface area contributed by atoms with Crippen LogP contribution in [0.2, 0.25) is 0 Å². The van der Waals surface area contributed by atoms with Gasteiger partial charge < -0.3 is 0 Å². The van der Waals surface area contributed by atoms with Gasteiger partial charge in [0, 0.05) is 45.1 Å². The average Bonchev–Trinajstić information content (AvgIpc) is 3.04. The smallest absolute Gasteiger partial charge is 0.179 e. The Bertz CT molecular complexity index is 2150. The molecule has 8 rings (SSSR count). The Morgan fingerprint density at radius 1 is 0.425 bits per heavy atom. The number of nitrogens with zero attached hydrogens (tertiary/aromatic N) is 5. The van der Waals surface area contributed by atoms with E-state index in [1.54, 1.807) is 6.20 Å². The first-order valence-corrected chi connectivity index (χ1v) is 13.2. The van der Waals surface area contributed by atoms with Crippen LogP contribution in [0.25, 0.3) is 77.5 Å². The minimum absolute atomic E-state index is 0.585. The number of rotatable bonds is 3. The normalized spacial score (nSPS) is 11.5. The van der Waals surface area contributed by atoms with Gasteiger partial charge in [-0.05, 0) is 23.6 Å². The van der Waals surface area contributed by atoms with Crippen molar-refractivity contribution in [1.29, 1.82) is 0 Å². The summed E-state index contributed by atoms with van der Waals surface area (Å²) in [7, 11) is 0. The molecule has 5 nitrogen and oxygen atoms in total. The molecule has 0 aliphatic heterocycles. The predicted octanol–water partition coefficient (Wildman–Crippen LogP) is 8.28. The molecule has 5 heteroatoms. The Morgan fingerprint density at radius 2 is 1.10 bits per heavy atom. The van der Waals surface area contributed by atoms with Crippen molar-refractivity contribution in [2.45, 2.75) is 0 Å². The Morgan fingerprint density at radius 3 is 1.82 bits per heavy atom. The van der Waals surface area contributed by atoms with Crippen molar-refractivity contribution < 1.29 is 0 Å². The second-order valence-electron chi connectivity index (χ2n) is 9.76. The third kappa shape index (κ3) is 3.60. The average molecular weight is 512 g/mol. The highest BCUT2D eigenvalue weighted by Crippen LogP contribution is 2.36. The summed E-state index contributed by atoms with van der Waals surface area (Å²) in [6.45, 7) is 0. The molecular weight excluding hydrogens is 490 g/mol. The van der Waals surface area contributed by atoms with Crippen LogP contribution in [-0.4, -0.2) is 24.9 Å². The molecule has 0 atom stereocenters. The molecule has 4 heterocycles. The van der Waals surface area contributed by atoms with E-state index >= 15 is 0 Å². The fourth-order valence-corrected chi connectivity index (χ4v) is 5.44. The Labute approximate surface area is 229 Å². The van der Waals surface area contributed by atoms with Crippen LogP contribution < -0.4 is 0 Å². The highest BCUT2D eigenvalue weighted by molar-refractivity contribution is 6.19. The lowest BCUT2D eigenvalue weighted by molar-refractivity contribution is 1.16. The molecule has 0 spiro atoms. The fourth-order valence-electron chi connectivity index (χ4n) is 5.44. The summed E-state index contributed by atoms with van der Waals surface area (Å²) in [5, 5.41) is 5.05. The van der Waals surface area contributed by atoms with E-state index in [-0.39, 0.29) is 0 Å². The summed E-state index contributed by atoms with van der Waals surface area (Å²) >= 11 is 0. The van der Waals surface area contributed by atoms with Crippen LogP contribution in [0.1, 0.15) is 0 Å². The van der Waals surface area contributed by atoms with Gasteiger partial charge in [-0.15, -0.1) is 0 Å². The Hall–Kier alpha value is -5.55. The molecule has 0 N–H and O–H groups in total. The number of benzene rings is 4. The van der Waals surface area contributed by atoms with Crippen LogP contribution in [0, 0.1) is 0 Å². The topological polar surface area (TPSA) is 64.5 Å². The van der Waals surface area contributed by atoms with Crippen molar-refractivity contribution >= 4 is 43.5 Å². The quantitative estimate of drug-likeness (QED) is 0.223. The molecule has 0 saturated heterocycles. The maximum absolute atomic E-state index is 5.29. The lowest BCUT2D eigenvalue weighted by Crippen LogP contribution is -1.99. The van der Waals surface area contributed by atoms with Crippen LogP contribution in [0.3, 0.4) is 0 Å². The van der Waals surface area contributed by atoms with Crippen LogP contribution in [0.4, 0.5) is 0 Å². The fraction of sp³-hybridized carbons (Fsp3) is 0. The molecule has 0 radical (unpaired) electrons. The summed E-state index contributed by atoms with van der Waals surface area (Å²) in [6, 6.07) is 39.0. The zero-order valence-electron chi connectivity index (χ0n) is 21.4. The lowest BCUT2D eigenvalue weighted by Gasteiger charge is -2.13. The van der Waals surface area contributed by atoms with E-state index in [0.29, 0.717) is 5.82 Å². The number of hydrogen-bond donors (Lipinski definition) is 0. The first-order chi connectivity index (χ1) is 19.8. The number of pyridine rings is 3. The van der Waals surface area contributed by atoms with E-state index in [2.05, 4.69) is 65.6 Å². The number of fused-ring (bicyclic) bond motifs is 7. The van der Waals surface area contributed by atoms with E-state index in [0.717, 1.165) is 71.7 Å². The molecule has 0 aliphatic carbocycles. The molecule has 40 heavy (non-hydrogen) atoms. The molecule has 0 saturated carbocycles. The lowest BCUT2D eigenvalue weighted by atomic mass is 10.0. The molecule has 4 aromatic carbocycles. The molecular formula is C35H21N5. The van der Waals surface area contributed by atoms with Crippen LogP contribution in [0.15, 0.2) is 128 Å². The molecule has 186 valence electrons. The van der Waals surface area contributed by atoms with Gasteiger partial charge in [-0.2, -0.15) is 0 Å². The molecule has 0 unspecified atom stereocenters. The van der Waals surface area contributed by atoms with E-state index in [4.69, 9.17) is 19.9 Å². The third-order valence-electron chi connectivity index (χ3n) is 7.35. The second kappa shape index (κ2) is 9.03. The van der Waals surface area contributed by atoms with Crippen LogP contribution in [-0.2, 0) is 0 Å². The number of hydrogen-bond acceptors (Lipinski definition) is 5. The van der Waals surface area contributed by atoms with Gasteiger partial charge >= 0.3 is 0 Å². The van der Waals surface area contributed by atoms with E-state index in [9.17, 15) is 0 Å². The Kier molecular flexibility index (Phi) is 5.07. The molecule has 4 aromatic heterocycles. The standard InChI is InChI=1S/C35H21N5/c1-3-10-22(11-4-1)29-20-30(23-12-5-2-6-13-23)39-35(38-29)34-26-16-8-7-15-25(26)28-21-37-33-27(32(28)40-34)18-17-24-14-9-19-36-31(24)33/h1-21H. The zero-order valence-corrected chi connectivity index (χ0v) is 21.4. The van der Waals surface area contributed by atoms with Crippen LogP contribution >= 0.6 is 0 Å². The summed E-state index contributed by atoms with van der Waals surface area (Å²) in [5.74, 6) is 0.585. The molecule has 0 aliphatic rings. The maximum Gasteiger partial charge on any atom is 0.179 e. The molecule has 0 fully saturated rings. The number of aromatic nitrogens is 5. The van der Waals surface area contributed by atoms with E-state index in [1.165, 1.54) is 0 Å². The van der Waals surface area contributed by atoms with Crippen molar-refractivity contribution in [3.05, 3.63) is 128 Å². The highest BCUT2D eigenvalue weighted by atomic mass is 14.9. The van der Waals surface area contributed by atoms with Gasteiger partial charge in [0.1, 0.15) is 5.69 Å². The van der Waals surface area contributed by atoms with Crippen molar-refractivity contribution in [3.63, 3.8) is 0 Å². The van der Waals surface area contributed by atoms with Crippen molar-refractivity contribution in [2.75, 3.05) is 0 Å². The largest absolute Gasteiger partial charge is 0.254 e. The molecule has 8 aromatic rings. The van der Waals surface area contributed by atoms with Gasteiger partial charge in [0.2, 0.25) is 0 Å². The summed E-state index contributed by atoms with van der Waals surface area (Å²) in [6.07, 6.45) is 3.72. The van der Waals surface area contributed by atoms with Crippen molar-refractivity contribution in [3.8, 4) is 34.0 Å². The minimum Gasteiger partial charge on any atom is -0.254 e. The first-order valence-electron chi connectivity index (χ1n) is 13.2. The first kappa shape index (κ1) is 22.4. The van der Waals surface area contributed by atoms with E-state index < -0.39 is 0 Å². The second-order valence-corrected chi connectivity index (χ2v) is 9.76. The van der Waals surface area contributed by atoms with Crippen LogP contribution in [0.5, 0.6) is 0 Å². The Balaban J connectivity index is 1.47. The molecule has 0 bridgehead atoms. The van der Waals surface area contributed by atoms with Crippen molar-refractivity contribution in [2.24, 2.45) is 0 Å². The predicted molar refractivity (Wildman–Crippen MR) is 162 cm³/mol. The minimum atomic E-state index is 0.585. The monoisotopic (exact) mass is 511 g/mol. The summed E-state index contributed by atoms with van der Waals surface area (Å²) < 4.78 is 0. The van der Waals surface area contributed by atoms with Gasteiger partial charge in [-0.3, -0.25) is 9.97 Å². The van der Waals surface area contributed by atoms with Crippen molar-refractivity contribution in [1.82, 2.24) is 24.9 Å². The van der Waals surface area contributed by atoms with Gasteiger partial charge in [-0.25, -0.2) is 15.0 Å². The SMILES string of the molecule is c1ccc(-c2cc(-c3ccccc3)nc(-c3nc4c(cnc5c4ccc4cccnc45)c4ccccc34)n2)cc1. The van der Waals surface area contributed by atoms with E-state index in [1.807, 2.05) is 60.8 Å².